The van der Waals surface area contributed by atoms with Crippen molar-refractivity contribution in [2.75, 3.05) is 12.8 Å². The van der Waals surface area contributed by atoms with Gasteiger partial charge >= 0.3 is 0 Å². The monoisotopic (exact) mass is 312 g/mol. The molecular weight excluding hydrogens is 300 g/mol. The summed E-state index contributed by atoms with van der Waals surface area (Å²) >= 11 is 0. The van der Waals surface area contributed by atoms with E-state index in [1.54, 1.807) is 24.3 Å². The quantitative estimate of drug-likeness (QED) is 0.443. The van der Waals surface area contributed by atoms with Gasteiger partial charge in [0.15, 0.2) is 5.82 Å². The van der Waals surface area contributed by atoms with Crippen LogP contribution in [0.5, 0.6) is 5.75 Å². The largest absolute Gasteiger partial charge is 0.494 e. The van der Waals surface area contributed by atoms with E-state index in [2.05, 4.69) is 15.5 Å². The lowest BCUT2D eigenvalue weighted by Gasteiger charge is -2.09. The van der Waals surface area contributed by atoms with E-state index in [0.29, 0.717) is 28.5 Å². The standard InChI is InChI=1S/C14H12N6O3/c1-23-13-6-5-11(20(21)22)8-12(13)19-14(16-17-18-19)9-3-2-4-10(15)7-9/h2-8H,15H2,1H3. The fourth-order valence-corrected chi connectivity index (χ4v) is 2.16. The van der Waals surface area contributed by atoms with Gasteiger partial charge in [-0.25, -0.2) is 0 Å². The highest BCUT2D eigenvalue weighted by Gasteiger charge is 2.18. The van der Waals surface area contributed by atoms with Gasteiger partial charge in [0.05, 0.1) is 12.0 Å². The molecule has 0 aliphatic heterocycles. The zero-order valence-corrected chi connectivity index (χ0v) is 12.1. The maximum atomic E-state index is 11.0. The first kappa shape index (κ1) is 14.4. The lowest BCUT2D eigenvalue weighted by molar-refractivity contribution is -0.384. The smallest absolute Gasteiger partial charge is 0.271 e. The number of ether oxygens (including phenoxy) is 1. The van der Waals surface area contributed by atoms with E-state index < -0.39 is 4.92 Å². The van der Waals surface area contributed by atoms with Crippen LogP contribution in [0.25, 0.3) is 17.1 Å². The molecule has 9 nitrogen and oxygen atoms in total. The molecule has 0 radical (unpaired) electrons. The number of hydrogen-bond acceptors (Lipinski definition) is 7. The highest BCUT2D eigenvalue weighted by atomic mass is 16.6. The molecule has 116 valence electrons. The molecule has 0 bridgehead atoms. The van der Waals surface area contributed by atoms with Crippen LogP contribution in [-0.2, 0) is 0 Å². The van der Waals surface area contributed by atoms with Crippen molar-refractivity contribution in [2.24, 2.45) is 0 Å². The fraction of sp³-hybridized carbons (Fsp3) is 0.0714. The van der Waals surface area contributed by atoms with Crippen molar-refractivity contribution in [2.45, 2.75) is 0 Å². The second-order valence-electron chi connectivity index (χ2n) is 4.65. The molecule has 0 amide bonds. The molecule has 3 rings (SSSR count). The van der Waals surface area contributed by atoms with Gasteiger partial charge in [-0.3, -0.25) is 10.1 Å². The third kappa shape index (κ3) is 2.67. The minimum atomic E-state index is -0.493. The Morgan fingerprint density at radius 3 is 2.78 bits per heavy atom. The van der Waals surface area contributed by atoms with Gasteiger partial charge in [-0.2, -0.15) is 4.68 Å². The average molecular weight is 312 g/mol. The lowest BCUT2D eigenvalue weighted by Crippen LogP contribution is -2.04. The lowest BCUT2D eigenvalue weighted by atomic mass is 10.2. The Morgan fingerprint density at radius 2 is 2.09 bits per heavy atom. The Balaban J connectivity index is 2.19. The van der Waals surface area contributed by atoms with Gasteiger partial charge in [0.1, 0.15) is 11.4 Å². The number of nitrogens with zero attached hydrogens (tertiary/aromatic N) is 5. The fourth-order valence-electron chi connectivity index (χ4n) is 2.16. The number of nitro benzene ring substituents is 1. The van der Waals surface area contributed by atoms with Crippen molar-refractivity contribution in [3.8, 4) is 22.8 Å². The summed E-state index contributed by atoms with van der Waals surface area (Å²) < 4.78 is 6.63. The van der Waals surface area contributed by atoms with Crippen LogP contribution in [0.4, 0.5) is 11.4 Å². The van der Waals surface area contributed by atoms with Crippen LogP contribution in [0.1, 0.15) is 0 Å². The molecule has 23 heavy (non-hydrogen) atoms. The van der Waals surface area contributed by atoms with Crippen LogP contribution in [0, 0.1) is 10.1 Å². The van der Waals surface area contributed by atoms with Gasteiger partial charge in [-0.05, 0) is 28.6 Å². The van der Waals surface area contributed by atoms with Crippen molar-refractivity contribution in [1.82, 2.24) is 20.2 Å². The maximum Gasteiger partial charge on any atom is 0.271 e. The molecule has 0 saturated heterocycles. The molecule has 1 aromatic heterocycles. The topological polar surface area (TPSA) is 122 Å². The minimum Gasteiger partial charge on any atom is -0.494 e. The highest BCUT2D eigenvalue weighted by molar-refractivity contribution is 5.64. The highest BCUT2D eigenvalue weighted by Crippen LogP contribution is 2.30. The van der Waals surface area contributed by atoms with E-state index in [9.17, 15) is 10.1 Å². The molecule has 2 N–H and O–H groups in total. The van der Waals surface area contributed by atoms with Crippen LogP contribution < -0.4 is 10.5 Å². The zero-order chi connectivity index (χ0) is 16.4. The van der Waals surface area contributed by atoms with Gasteiger partial charge in [-0.1, -0.05) is 12.1 Å². The molecule has 0 spiro atoms. The number of nitrogen functional groups attached to an aromatic ring is 1. The molecular formula is C14H12N6O3. The van der Waals surface area contributed by atoms with E-state index in [0.717, 1.165) is 0 Å². The Morgan fingerprint density at radius 1 is 1.26 bits per heavy atom. The summed E-state index contributed by atoms with van der Waals surface area (Å²) in [6.07, 6.45) is 0. The average Bonchev–Trinajstić information content (AvgIpc) is 3.03. The maximum absolute atomic E-state index is 11.0. The second-order valence-corrected chi connectivity index (χ2v) is 4.65. The first-order valence-electron chi connectivity index (χ1n) is 6.57. The summed E-state index contributed by atoms with van der Waals surface area (Å²) in [5, 5.41) is 22.5. The number of aromatic nitrogens is 4. The first-order valence-corrected chi connectivity index (χ1v) is 6.57. The Kier molecular flexibility index (Phi) is 3.59. The van der Waals surface area contributed by atoms with Crippen LogP contribution in [-0.4, -0.2) is 32.2 Å². The Bertz CT molecular complexity index is 876. The molecule has 1 heterocycles. The second kappa shape index (κ2) is 5.72. The summed E-state index contributed by atoms with van der Waals surface area (Å²) in [5.74, 6) is 0.809. The number of tetrazole rings is 1. The summed E-state index contributed by atoms with van der Waals surface area (Å²) in [6.45, 7) is 0. The van der Waals surface area contributed by atoms with E-state index in [1.807, 2.05) is 0 Å². The van der Waals surface area contributed by atoms with Gasteiger partial charge in [0.2, 0.25) is 0 Å². The molecule has 3 aromatic rings. The minimum absolute atomic E-state index is 0.0881. The Hall–Kier alpha value is -3.49. The van der Waals surface area contributed by atoms with Gasteiger partial charge in [-0.15, -0.1) is 5.10 Å². The van der Waals surface area contributed by atoms with Crippen LogP contribution in [0.2, 0.25) is 0 Å². The van der Waals surface area contributed by atoms with Crippen molar-refractivity contribution < 1.29 is 9.66 Å². The molecule has 0 fully saturated rings. The summed E-state index contributed by atoms with van der Waals surface area (Å²) in [4.78, 5) is 10.5. The predicted molar refractivity (Wildman–Crippen MR) is 82.2 cm³/mol. The molecule has 0 aliphatic carbocycles. The number of benzene rings is 2. The number of rotatable bonds is 4. The first-order chi connectivity index (χ1) is 11.1. The number of nitrogens with two attached hydrogens (primary N) is 1. The van der Waals surface area contributed by atoms with Crippen LogP contribution in [0.3, 0.4) is 0 Å². The predicted octanol–water partition coefficient (Wildman–Crippen LogP) is 1.83. The third-order valence-corrected chi connectivity index (χ3v) is 3.22. The molecule has 0 unspecified atom stereocenters. The van der Waals surface area contributed by atoms with Gasteiger partial charge in [0.25, 0.3) is 5.69 Å². The normalized spacial score (nSPS) is 10.5. The number of non-ortho nitro benzene ring substituents is 1. The molecule has 0 aliphatic rings. The van der Waals surface area contributed by atoms with Gasteiger partial charge < -0.3 is 10.5 Å². The summed E-state index contributed by atoms with van der Waals surface area (Å²) in [7, 11) is 1.47. The van der Waals surface area contributed by atoms with E-state index in [-0.39, 0.29) is 5.69 Å². The number of nitro groups is 1. The number of methoxy groups -OCH3 is 1. The molecule has 0 saturated carbocycles. The molecule has 0 atom stereocenters. The summed E-state index contributed by atoms with van der Waals surface area (Å²) in [5.41, 5.74) is 7.30. The van der Waals surface area contributed by atoms with Crippen molar-refractivity contribution >= 4 is 11.4 Å². The number of hydrogen-bond donors (Lipinski definition) is 1. The SMILES string of the molecule is COc1ccc([N+](=O)[O-])cc1-n1nnnc1-c1cccc(N)c1. The summed E-state index contributed by atoms with van der Waals surface area (Å²) in [6, 6.07) is 11.2. The molecule has 9 heteroatoms. The Labute approximate surface area is 130 Å². The van der Waals surface area contributed by atoms with Gasteiger partial charge in [0, 0.05) is 23.4 Å². The van der Waals surface area contributed by atoms with Crippen molar-refractivity contribution in [1.29, 1.82) is 0 Å². The van der Waals surface area contributed by atoms with E-state index >= 15 is 0 Å². The van der Waals surface area contributed by atoms with Crippen LogP contribution in [0.15, 0.2) is 42.5 Å². The van der Waals surface area contributed by atoms with E-state index in [1.165, 1.54) is 30.0 Å². The molecule has 2 aromatic carbocycles. The van der Waals surface area contributed by atoms with Crippen molar-refractivity contribution in [3.63, 3.8) is 0 Å². The number of anilines is 1. The van der Waals surface area contributed by atoms with Crippen molar-refractivity contribution in [3.05, 3.63) is 52.6 Å². The van der Waals surface area contributed by atoms with E-state index in [4.69, 9.17) is 10.5 Å². The van der Waals surface area contributed by atoms with Crippen LogP contribution >= 0.6 is 0 Å². The third-order valence-electron chi connectivity index (χ3n) is 3.22. The zero-order valence-electron chi connectivity index (χ0n) is 12.1.